The Bertz CT molecular complexity index is 1460. The van der Waals surface area contributed by atoms with Crippen LogP contribution in [0, 0.1) is 0 Å². The van der Waals surface area contributed by atoms with E-state index in [0.717, 1.165) is 52.1 Å². The third-order valence-corrected chi connectivity index (χ3v) is 6.37. The van der Waals surface area contributed by atoms with Crippen molar-refractivity contribution in [1.29, 1.82) is 0 Å². The topological polar surface area (TPSA) is 78.3 Å². The quantitative estimate of drug-likeness (QED) is 0.357. The molecule has 1 aliphatic rings. The van der Waals surface area contributed by atoms with Gasteiger partial charge < -0.3 is 10.5 Å². The van der Waals surface area contributed by atoms with Crippen LogP contribution in [0.3, 0.4) is 0 Å². The van der Waals surface area contributed by atoms with Crippen LogP contribution in [0.15, 0.2) is 67.0 Å². The predicted octanol–water partition coefficient (Wildman–Crippen LogP) is 6.24. The molecule has 1 aliphatic carbocycles. The first-order chi connectivity index (χ1) is 15.7. The number of fused-ring (bicyclic) bond motifs is 2. The SMILES string of the molecule is Nc1nccn2c(C3CCC3)nc(-c3cc4nc(Oc5ccccc5)ccc4cc3Cl)c12. The molecule has 0 aliphatic heterocycles. The third-order valence-electron chi connectivity index (χ3n) is 6.05. The maximum atomic E-state index is 6.73. The van der Waals surface area contributed by atoms with Crippen molar-refractivity contribution in [2.75, 3.05) is 5.73 Å². The monoisotopic (exact) mass is 441 g/mol. The number of aromatic nitrogens is 4. The van der Waals surface area contributed by atoms with Crippen LogP contribution in [0.5, 0.6) is 11.6 Å². The zero-order chi connectivity index (χ0) is 21.7. The number of benzene rings is 2. The van der Waals surface area contributed by atoms with Gasteiger partial charge in [-0.15, -0.1) is 0 Å². The van der Waals surface area contributed by atoms with Crippen LogP contribution in [0.25, 0.3) is 27.7 Å². The van der Waals surface area contributed by atoms with E-state index in [2.05, 4.69) is 9.38 Å². The highest BCUT2D eigenvalue weighted by atomic mass is 35.5. The number of nitrogens with zero attached hydrogens (tertiary/aromatic N) is 4. The maximum Gasteiger partial charge on any atom is 0.219 e. The second-order valence-electron chi connectivity index (χ2n) is 8.07. The lowest BCUT2D eigenvalue weighted by Gasteiger charge is -2.23. The number of para-hydroxylation sites is 1. The molecular formula is C25H20ClN5O. The number of pyridine rings is 1. The Labute approximate surface area is 189 Å². The summed E-state index contributed by atoms with van der Waals surface area (Å²) in [6, 6.07) is 17.3. The van der Waals surface area contributed by atoms with E-state index < -0.39 is 0 Å². The second-order valence-corrected chi connectivity index (χ2v) is 8.47. The lowest BCUT2D eigenvalue weighted by atomic mass is 9.85. The normalized spacial score (nSPS) is 14.0. The van der Waals surface area contributed by atoms with Gasteiger partial charge in [0.1, 0.15) is 28.6 Å². The summed E-state index contributed by atoms with van der Waals surface area (Å²) in [7, 11) is 0. The van der Waals surface area contributed by atoms with Crippen LogP contribution < -0.4 is 10.5 Å². The van der Waals surface area contributed by atoms with E-state index in [4.69, 9.17) is 32.0 Å². The molecule has 1 saturated carbocycles. The lowest BCUT2D eigenvalue weighted by Crippen LogP contribution is -2.12. The number of ether oxygens (including phenoxy) is 1. The van der Waals surface area contributed by atoms with E-state index in [1.807, 2.05) is 60.8 Å². The van der Waals surface area contributed by atoms with Gasteiger partial charge in [0.25, 0.3) is 0 Å². The molecule has 0 amide bonds. The van der Waals surface area contributed by atoms with Crippen LogP contribution in [0.4, 0.5) is 5.82 Å². The molecule has 32 heavy (non-hydrogen) atoms. The van der Waals surface area contributed by atoms with Crippen LogP contribution in [0.2, 0.25) is 5.02 Å². The Balaban J connectivity index is 1.50. The molecule has 3 aromatic heterocycles. The van der Waals surface area contributed by atoms with Crippen molar-refractivity contribution in [2.45, 2.75) is 25.2 Å². The molecule has 2 aromatic carbocycles. The van der Waals surface area contributed by atoms with Gasteiger partial charge in [-0.05, 0) is 43.2 Å². The van der Waals surface area contributed by atoms with E-state index in [0.29, 0.717) is 22.6 Å². The van der Waals surface area contributed by atoms with E-state index in [9.17, 15) is 0 Å². The molecule has 5 aromatic rings. The number of halogens is 1. The van der Waals surface area contributed by atoms with E-state index in [1.54, 1.807) is 6.20 Å². The minimum absolute atomic E-state index is 0.432. The van der Waals surface area contributed by atoms with Crippen molar-refractivity contribution in [1.82, 2.24) is 19.4 Å². The largest absolute Gasteiger partial charge is 0.439 e. The summed E-state index contributed by atoms with van der Waals surface area (Å²) in [6.07, 6.45) is 7.13. The van der Waals surface area contributed by atoms with Crippen LogP contribution in [-0.4, -0.2) is 19.4 Å². The summed E-state index contributed by atoms with van der Waals surface area (Å²) >= 11 is 6.73. The number of anilines is 1. The lowest BCUT2D eigenvalue weighted by molar-refractivity contribution is 0.400. The van der Waals surface area contributed by atoms with Gasteiger partial charge in [-0.3, -0.25) is 4.40 Å². The van der Waals surface area contributed by atoms with Crippen LogP contribution in [0.1, 0.15) is 31.0 Å². The molecular weight excluding hydrogens is 422 g/mol. The molecule has 0 radical (unpaired) electrons. The van der Waals surface area contributed by atoms with Gasteiger partial charge >= 0.3 is 0 Å². The van der Waals surface area contributed by atoms with Crippen molar-refractivity contribution in [2.24, 2.45) is 0 Å². The first kappa shape index (κ1) is 19.1. The van der Waals surface area contributed by atoms with Gasteiger partial charge in [0.2, 0.25) is 5.88 Å². The van der Waals surface area contributed by atoms with E-state index in [-0.39, 0.29) is 0 Å². The Kier molecular flexibility index (Phi) is 4.47. The van der Waals surface area contributed by atoms with Gasteiger partial charge in [-0.2, -0.15) is 0 Å². The summed E-state index contributed by atoms with van der Waals surface area (Å²) in [5.74, 6) is 3.13. The number of hydrogen-bond acceptors (Lipinski definition) is 5. The van der Waals surface area contributed by atoms with Crippen molar-refractivity contribution in [3.05, 3.63) is 77.8 Å². The first-order valence-corrected chi connectivity index (χ1v) is 11.0. The Morgan fingerprint density at radius 1 is 1.03 bits per heavy atom. The Morgan fingerprint density at radius 2 is 1.88 bits per heavy atom. The van der Waals surface area contributed by atoms with Crippen LogP contribution in [-0.2, 0) is 0 Å². The van der Waals surface area contributed by atoms with Crippen LogP contribution >= 0.6 is 11.6 Å². The summed E-state index contributed by atoms with van der Waals surface area (Å²) in [6.45, 7) is 0. The average molecular weight is 442 g/mol. The van der Waals surface area contributed by atoms with Gasteiger partial charge in [0.05, 0.1) is 10.5 Å². The zero-order valence-electron chi connectivity index (χ0n) is 17.2. The van der Waals surface area contributed by atoms with Gasteiger partial charge in [0, 0.05) is 35.3 Å². The second kappa shape index (κ2) is 7.50. The number of nitrogens with two attached hydrogens (primary N) is 1. The summed E-state index contributed by atoms with van der Waals surface area (Å²) in [5, 5.41) is 1.52. The molecule has 2 N–H and O–H groups in total. The number of nitrogen functional groups attached to an aromatic ring is 1. The van der Waals surface area contributed by atoms with Gasteiger partial charge in [-0.25, -0.2) is 15.0 Å². The molecule has 0 unspecified atom stereocenters. The van der Waals surface area contributed by atoms with Crippen molar-refractivity contribution >= 4 is 33.8 Å². The molecule has 3 heterocycles. The highest BCUT2D eigenvalue weighted by Crippen LogP contribution is 2.41. The minimum Gasteiger partial charge on any atom is -0.439 e. The standard InChI is InChI=1S/C25H20ClN5O/c26-19-13-16-9-10-21(32-17-7-2-1-3-8-17)29-20(16)14-18(19)22-23-24(27)28-11-12-31(23)25(30-22)15-5-4-6-15/h1-3,7-15H,4-6H2,(H2,27,28). The smallest absolute Gasteiger partial charge is 0.219 e. The molecule has 1 fully saturated rings. The van der Waals surface area contributed by atoms with Gasteiger partial charge in [-0.1, -0.05) is 36.2 Å². The Morgan fingerprint density at radius 3 is 2.66 bits per heavy atom. The van der Waals surface area contributed by atoms with E-state index in [1.165, 1.54) is 6.42 Å². The molecule has 158 valence electrons. The Hall–Kier alpha value is -3.64. The summed E-state index contributed by atoms with van der Waals surface area (Å²) < 4.78 is 7.98. The highest BCUT2D eigenvalue weighted by molar-refractivity contribution is 6.34. The molecule has 0 atom stereocenters. The van der Waals surface area contributed by atoms with Gasteiger partial charge in [0.15, 0.2) is 0 Å². The fourth-order valence-corrected chi connectivity index (χ4v) is 4.46. The molecule has 0 bridgehead atoms. The average Bonchev–Trinajstić information content (AvgIpc) is 3.13. The van der Waals surface area contributed by atoms with Crippen molar-refractivity contribution in [3.63, 3.8) is 0 Å². The highest BCUT2D eigenvalue weighted by Gasteiger charge is 2.27. The van der Waals surface area contributed by atoms with Crippen molar-refractivity contribution in [3.8, 4) is 22.9 Å². The third kappa shape index (κ3) is 3.15. The summed E-state index contributed by atoms with van der Waals surface area (Å²) in [5.41, 5.74) is 9.36. The fourth-order valence-electron chi connectivity index (χ4n) is 4.20. The molecule has 6 nitrogen and oxygen atoms in total. The molecule has 6 rings (SSSR count). The molecule has 0 spiro atoms. The fraction of sp³-hybridized carbons (Fsp3) is 0.160. The number of imidazole rings is 1. The molecule has 7 heteroatoms. The number of rotatable bonds is 4. The zero-order valence-corrected chi connectivity index (χ0v) is 18.0. The van der Waals surface area contributed by atoms with E-state index >= 15 is 0 Å². The predicted molar refractivity (Wildman–Crippen MR) is 126 cm³/mol. The van der Waals surface area contributed by atoms with Crippen molar-refractivity contribution < 1.29 is 4.74 Å². The first-order valence-electron chi connectivity index (χ1n) is 10.6. The number of hydrogen-bond donors (Lipinski definition) is 1. The summed E-state index contributed by atoms with van der Waals surface area (Å²) in [4.78, 5) is 14.0. The maximum absolute atomic E-state index is 6.73. The minimum atomic E-state index is 0.432. The molecule has 0 saturated heterocycles.